The lowest BCUT2D eigenvalue weighted by Crippen LogP contribution is -2.15. The Morgan fingerprint density at radius 3 is 2.42 bits per heavy atom. The quantitative estimate of drug-likeness (QED) is 0.629. The SMILES string of the molecule is CCC(CCO)CNc1cc(OC)c(OC)cc1N. The molecule has 1 unspecified atom stereocenters. The van der Waals surface area contributed by atoms with Crippen molar-refractivity contribution in [3.63, 3.8) is 0 Å². The molecule has 0 saturated heterocycles. The zero-order valence-corrected chi connectivity index (χ0v) is 11.9. The molecule has 5 nitrogen and oxygen atoms in total. The van der Waals surface area contributed by atoms with Crippen LogP contribution in [0.4, 0.5) is 11.4 Å². The molecular weight excluding hydrogens is 244 g/mol. The fourth-order valence-electron chi connectivity index (χ4n) is 1.94. The van der Waals surface area contributed by atoms with E-state index in [2.05, 4.69) is 12.2 Å². The van der Waals surface area contributed by atoms with E-state index in [4.69, 9.17) is 20.3 Å². The molecular formula is C14H24N2O3. The summed E-state index contributed by atoms with van der Waals surface area (Å²) in [5, 5.41) is 12.3. The van der Waals surface area contributed by atoms with Crippen molar-refractivity contribution in [1.82, 2.24) is 0 Å². The van der Waals surface area contributed by atoms with Crippen LogP contribution in [0.3, 0.4) is 0 Å². The van der Waals surface area contributed by atoms with Crippen LogP contribution in [0.25, 0.3) is 0 Å². The highest BCUT2D eigenvalue weighted by Gasteiger charge is 2.11. The van der Waals surface area contributed by atoms with Gasteiger partial charge in [-0.15, -0.1) is 0 Å². The molecule has 0 fully saturated rings. The van der Waals surface area contributed by atoms with E-state index in [1.165, 1.54) is 0 Å². The number of ether oxygens (including phenoxy) is 2. The summed E-state index contributed by atoms with van der Waals surface area (Å²) in [6, 6.07) is 3.58. The van der Waals surface area contributed by atoms with Gasteiger partial charge < -0.3 is 25.6 Å². The first-order valence-electron chi connectivity index (χ1n) is 6.52. The summed E-state index contributed by atoms with van der Waals surface area (Å²) in [6.45, 7) is 3.10. The van der Waals surface area contributed by atoms with E-state index in [0.29, 0.717) is 23.1 Å². The normalized spacial score (nSPS) is 12.0. The zero-order valence-electron chi connectivity index (χ0n) is 11.9. The van der Waals surface area contributed by atoms with Gasteiger partial charge in [-0.3, -0.25) is 0 Å². The average Bonchev–Trinajstić information content (AvgIpc) is 2.44. The Balaban J connectivity index is 2.77. The number of anilines is 2. The molecule has 1 atom stereocenters. The Labute approximate surface area is 114 Å². The molecule has 0 aromatic heterocycles. The van der Waals surface area contributed by atoms with Crippen LogP contribution in [0.2, 0.25) is 0 Å². The maximum absolute atomic E-state index is 8.98. The third-order valence-corrected chi connectivity index (χ3v) is 3.25. The van der Waals surface area contributed by atoms with Gasteiger partial charge in [0.05, 0.1) is 25.6 Å². The fourth-order valence-corrected chi connectivity index (χ4v) is 1.94. The van der Waals surface area contributed by atoms with E-state index in [1.54, 1.807) is 20.3 Å². The summed E-state index contributed by atoms with van der Waals surface area (Å²) >= 11 is 0. The highest BCUT2D eigenvalue weighted by molar-refractivity contribution is 5.72. The molecule has 19 heavy (non-hydrogen) atoms. The maximum atomic E-state index is 8.98. The lowest BCUT2D eigenvalue weighted by molar-refractivity contribution is 0.258. The number of nitrogens with two attached hydrogens (primary N) is 1. The van der Waals surface area contributed by atoms with Crippen LogP contribution in [-0.4, -0.2) is 32.5 Å². The average molecular weight is 268 g/mol. The summed E-state index contributed by atoms with van der Waals surface area (Å²) in [5.74, 6) is 1.69. The Kier molecular flexibility index (Phi) is 6.29. The minimum Gasteiger partial charge on any atom is -0.493 e. The summed E-state index contributed by atoms with van der Waals surface area (Å²) in [7, 11) is 3.18. The second-order valence-electron chi connectivity index (χ2n) is 4.46. The van der Waals surface area contributed by atoms with Gasteiger partial charge in [0.15, 0.2) is 11.5 Å². The van der Waals surface area contributed by atoms with E-state index < -0.39 is 0 Å². The zero-order chi connectivity index (χ0) is 14.3. The second kappa shape index (κ2) is 7.74. The topological polar surface area (TPSA) is 76.7 Å². The van der Waals surface area contributed by atoms with Crippen LogP contribution < -0.4 is 20.5 Å². The molecule has 0 aliphatic carbocycles. The largest absolute Gasteiger partial charge is 0.493 e. The number of benzene rings is 1. The van der Waals surface area contributed by atoms with Crippen LogP contribution in [0.5, 0.6) is 11.5 Å². The van der Waals surface area contributed by atoms with Crippen LogP contribution in [0, 0.1) is 5.92 Å². The monoisotopic (exact) mass is 268 g/mol. The standard InChI is InChI=1S/C14H24N2O3/c1-4-10(5-6-17)9-16-12-8-14(19-3)13(18-2)7-11(12)15/h7-8,10,16-17H,4-6,9,15H2,1-3H3. The summed E-state index contributed by atoms with van der Waals surface area (Å²) in [6.07, 6.45) is 1.80. The Hall–Kier alpha value is -1.62. The Bertz CT molecular complexity index is 397. The van der Waals surface area contributed by atoms with Crippen molar-refractivity contribution in [3.05, 3.63) is 12.1 Å². The number of rotatable bonds is 8. The molecule has 5 heteroatoms. The van der Waals surface area contributed by atoms with Crippen molar-refractivity contribution in [1.29, 1.82) is 0 Å². The van der Waals surface area contributed by atoms with Crippen LogP contribution in [0.1, 0.15) is 19.8 Å². The number of aliphatic hydroxyl groups excluding tert-OH is 1. The van der Waals surface area contributed by atoms with Crippen molar-refractivity contribution < 1.29 is 14.6 Å². The minimum atomic E-state index is 0.210. The smallest absolute Gasteiger partial charge is 0.162 e. The van der Waals surface area contributed by atoms with E-state index >= 15 is 0 Å². The predicted octanol–water partition coefficient (Wildman–Crippen LogP) is 2.11. The van der Waals surface area contributed by atoms with Gasteiger partial charge in [-0.25, -0.2) is 0 Å². The lowest BCUT2D eigenvalue weighted by atomic mass is 10.0. The number of hydrogen-bond donors (Lipinski definition) is 3. The van der Waals surface area contributed by atoms with Gasteiger partial charge in [0, 0.05) is 25.3 Å². The fraction of sp³-hybridized carbons (Fsp3) is 0.571. The van der Waals surface area contributed by atoms with E-state index in [9.17, 15) is 0 Å². The predicted molar refractivity (Wildman–Crippen MR) is 77.9 cm³/mol. The number of aliphatic hydroxyl groups is 1. The second-order valence-corrected chi connectivity index (χ2v) is 4.46. The van der Waals surface area contributed by atoms with Gasteiger partial charge >= 0.3 is 0 Å². The highest BCUT2D eigenvalue weighted by Crippen LogP contribution is 2.34. The molecule has 0 radical (unpaired) electrons. The molecule has 0 saturated carbocycles. The molecule has 0 heterocycles. The molecule has 0 aliphatic heterocycles. The lowest BCUT2D eigenvalue weighted by Gasteiger charge is -2.18. The van der Waals surface area contributed by atoms with Crippen molar-refractivity contribution in [3.8, 4) is 11.5 Å². The van der Waals surface area contributed by atoms with Crippen molar-refractivity contribution in [2.75, 3.05) is 38.4 Å². The van der Waals surface area contributed by atoms with Gasteiger partial charge in [0.1, 0.15) is 0 Å². The van der Waals surface area contributed by atoms with Gasteiger partial charge in [0.25, 0.3) is 0 Å². The van der Waals surface area contributed by atoms with E-state index in [-0.39, 0.29) is 6.61 Å². The first-order chi connectivity index (χ1) is 9.15. The van der Waals surface area contributed by atoms with Gasteiger partial charge in [-0.1, -0.05) is 13.3 Å². The molecule has 4 N–H and O–H groups in total. The molecule has 0 aliphatic rings. The summed E-state index contributed by atoms with van der Waals surface area (Å²) < 4.78 is 10.4. The first kappa shape index (κ1) is 15.4. The first-order valence-corrected chi connectivity index (χ1v) is 6.52. The van der Waals surface area contributed by atoms with Gasteiger partial charge in [-0.2, -0.15) is 0 Å². The molecule has 0 amide bonds. The van der Waals surface area contributed by atoms with Crippen LogP contribution in [-0.2, 0) is 0 Å². The van der Waals surface area contributed by atoms with Gasteiger partial charge in [0.2, 0.25) is 0 Å². The number of nitrogen functional groups attached to an aromatic ring is 1. The van der Waals surface area contributed by atoms with Crippen LogP contribution in [0.15, 0.2) is 12.1 Å². The minimum absolute atomic E-state index is 0.210. The number of hydrogen-bond acceptors (Lipinski definition) is 5. The third-order valence-electron chi connectivity index (χ3n) is 3.25. The Morgan fingerprint density at radius 1 is 1.26 bits per heavy atom. The summed E-state index contributed by atoms with van der Waals surface area (Å²) in [5.41, 5.74) is 7.42. The molecule has 1 aromatic rings. The Morgan fingerprint density at radius 2 is 1.89 bits per heavy atom. The third kappa shape index (κ3) is 4.21. The van der Waals surface area contributed by atoms with Crippen molar-refractivity contribution in [2.45, 2.75) is 19.8 Å². The van der Waals surface area contributed by atoms with E-state index in [1.807, 2.05) is 6.07 Å². The maximum Gasteiger partial charge on any atom is 0.162 e. The molecule has 0 spiro atoms. The van der Waals surface area contributed by atoms with Crippen LogP contribution >= 0.6 is 0 Å². The van der Waals surface area contributed by atoms with Gasteiger partial charge in [-0.05, 0) is 12.3 Å². The highest BCUT2D eigenvalue weighted by atomic mass is 16.5. The number of methoxy groups -OCH3 is 2. The van der Waals surface area contributed by atoms with E-state index in [0.717, 1.165) is 25.1 Å². The van der Waals surface area contributed by atoms with Crippen molar-refractivity contribution in [2.24, 2.45) is 5.92 Å². The molecule has 1 aromatic carbocycles. The number of nitrogens with one attached hydrogen (secondary N) is 1. The molecule has 0 bridgehead atoms. The summed E-state index contributed by atoms with van der Waals surface area (Å²) in [4.78, 5) is 0. The molecule has 1 rings (SSSR count). The molecule has 108 valence electrons. The van der Waals surface area contributed by atoms with Crippen molar-refractivity contribution >= 4 is 11.4 Å².